The van der Waals surface area contributed by atoms with Crippen molar-refractivity contribution in [2.75, 3.05) is 5.32 Å². The minimum Gasteiger partial charge on any atom is -0.442 e. The van der Waals surface area contributed by atoms with Crippen molar-refractivity contribution in [1.29, 1.82) is 0 Å². The lowest BCUT2D eigenvalue weighted by Gasteiger charge is -2.13. The minimum atomic E-state index is -0.236. The third-order valence-corrected chi connectivity index (χ3v) is 5.08. The Labute approximate surface area is 156 Å². The molecule has 0 aliphatic heterocycles. The number of fused-ring (bicyclic) bond motifs is 1. The maximum atomic E-state index is 12.9. The number of carbonyl (C=O) groups excluding carboxylic acids is 1. The van der Waals surface area contributed by atoms with Crippen molar-refractivity contribution < 1.29 is 9.21 Å². The lowest BCUT2D eigenvalue weighted by molar-refractivity contribution is 0.0951. The topological polar surface area (TPSA) is 80.1 Å². The highest BCUT2D eigenvalue weighted by Crippen LogP contribution is 2.40. The van der Waals surface area contributed by atoms with Gasteiger partial charge in [0.25, 0.3) is 5.91 Å². The van der Waals surface area contributed by atoms with Crippen molar-refractivity contribution in [3.05, 3.63) is 52.5 Å². The van der Waals surface area contributed by atoms with Gasteiger partial charge in [-0.15, -0.1) is 0 Å². The molecule has 0 radical (unpaired) electrons. The molecule has 0 atom stereocenters. The van der Waals surface area contributed by atoms with Crippen LogP contribution in [0.4, 0.5) is 5.82 Å². The summed E-state index contributed by atoms with van der Waals surface area (Å²) < 4.78 is 5.69. The third-order valence-electron chi connectivity index (χ3n) is 4.71. The van der Waals surface area contributed by atoms with Gasteiger partial charge in [0.15, 0.2) is 0 Å². The van der Waals surface area contributed by atoms with Crippen LogP contribution in [0.2, 0.25) is 5.02 Å². The van der Waals surface area contributed by atoms with Crippen LogP contribution >= 0.6 is 11.6 Å². The summed E-state index contributed by atoms with van der Waals surface area (Å²) in [7, 11) is 0. The third kappa shape index (κ3) is 3.12. The summed E-state index contributed by atoms with van der Waals surface area (Å²) in [5, 5.41) is 7.57. The van der Waals surface area contributed by atoms with Crippen LogP contribution in [-0.2, 0) is 6.54 Å². The van der Waals surface area contributed by atoms with Gasteiger partial charge in [-0.1, -0.05) is 29.8 Å². The molecule has 134 valence electrons. The lowest BCUT2D eigenvalue weighted by atomic mass is 10.1. The number of anilines is 1. The number of aryl methyl sites for hydroxylation is 1. The number of furan rings is 1. The van der Waals surface area contributed by atoms with Gasteiger partial charge in [-0.3, -0.25) is 4.79 Å². The molecule has 1 amide bonds. The molecule has 2 heterocycles. The van der Waals surface area contributed by atoms with Gasteiger partial charge in [0.1, 0.15) is 17.9 Å². The molecule has 2 aromatic heterocycles. The van der Waals surface area contributed by atoms with Gasteiger partial charge in [-0.2, -0.15) is 0 Å². The van der Waals surface area contributed by atoms with Crippen LogP contribution in [0.25, 0.3) is 11.1 Å². The quantitative estimate of drug-likeness (QED) is 0.707. The molecule has 0 saturated heterocycles. The fraction of sp³-hybridized carbons (Fsp3) is 0.316. The van der Waals surface area contributed by atoms with E-state index in [1.165, 1.54) is 6.33 Å². The van der Waals surface area contributed by atoms with Crippen molar-refractivity contribution in [3.63, 3.8) is 0 Å². The number of hydrogen-bond acceptors (Lipinski definition) is 5. The van der Waals surface area contributed by atoms with E-state index in [0.717, 1.165) is 18.4 Å². The van der Waals surface area contributed by atoms with E-state index in [0.29, 0.717) is 39.8 Å². The van der Waals surface area contributed by atoms with Crippen LogP contribution in [0.15, 0.2) is 35.0 Å². The first-order valence-electron chi connectivity index (χ1n) is 8.51. The molecule has 4 rings (SSSR count). The number of halogens is 1. The van der Waals surface area contributed by atoms with Crippen molar-refractivity contribution in [1.82, 2.24) is 15.3 Å². The predicted octanol–water partition coefficient (Wildman–Crippen LogP) is 4.08. The van der Waals surface area contributed by atoms with E-state index in [1.54, 1.807) is 13.0 Å². The summed E-state index contributed by atoms with van der Waals surface area (Å²) in [6.07, 6.45) is 3.59. The molecule has 0 unspecified atom stereocenters. The average Bonchev–Trinajstić information content (AvgIpc) is 3.22. The zero-order valence-corrected chi connectivity index (χ0v) is 15.4. The van der Waals surface area contributed by atoms with Crippen LogP contribution in [-0.4, -0.2) is 21.4 Å². The Hall–Kier alpha value is -2.60. The molecule has 26 heavy (non-hydrogen) atoms. The fourth-order valence-corrected chi connectivity index (χ4v) is 3.12. The summed E-state index contributed by atoms with van der Waals surface area (Å²) >= 11 is 6.16. The van der Waals surface area contributed by atoms with Crippen molar-refractivity contribution in [2.24, 2.45) is 0 Å². The number of benzene rings is 1. The van der Waals surface area contributed by atoms with Crippen LogP contribution in [0.1, 0.15) is 41.4 Å². The summed E-state index contributed by atoms with van der Waals surface area (Å²) in [5.74, 6) is 0.913. The van der Waals surface area contributed by atoms with E-state index in [-0.39, 0.29) is 11.4 Å². The second-order valence-corrected chi connectivity index (χ2v) is 7.30. The Morgan fingerprint density at radius 3 is 2.81 bits per heavy atom. The molecular formula is C19H19ClN4O2. The first-order chi connectivity index (χ1) is 12.5. The molecule has 1 aliphatic rings. The monoisotopic (exact) mass is 370 g/mol. The Morgan fingerprint density at radius 2 is 2.08 bits per heavy atom. The highest BCUT2D eigenvalue weighted by Gasteiger charge is 2.38. The molecule has 1 aromatic carbocycles. The van der Waals surface area contributed by atoms with Crippen LogP contribution in [0.3, 0.4) is 0 Å². The number of amides is 1. The Balaban J connectivity index is 1.65. The summed E-state index contributed by atoms with van der Waals surface area (Å²) in [6.45, 7) is 4.22. The lowest BCUT2D eigenvalue weighted by Crippen LogP contribution is -2.24. The van der Waals surface area contributed by atoms with E-state index < -0.39 is 0 Å². The average molecular weight is 371 g/mol. The molecule has 0 spiro atoms. The van der Waals surface area contributed by atoms with Gasteiger partial charge in [-0.05, 0) is 38.3 Å². The van der Waals surface area contributed by atoms with E-state index in [4.69, 9.17) is 16.0 Å². The van der Waals surface area contributed by atoms with Gasteiger partial charge in [-0.25, -0.2) is 9.97 Å². The second kappa shape index (κ2) is 6.29. The fourth-order valence-electron chi connectivity index (χ4n) is 2.92. The molecular weight excluding hydrogens is 352 g/mol. The van der Waals surface area contributed by atoms with Crippen molar-refractivity contribution in [3.8, 4) is 0 Å². The number of nitrogens with zero attached hydrogens (tertiary/aromatic N) is 2. The number of rotatable bonds is 5. The maximum absolute atomic E-state index is 12.9. The molecule has 7 heteroatoms. The van der Waals surface area contributed by atoms with E-state index in [2.05, 4.69) is 27.5 Å². The smallest absolute Gasteiger partial charge is 0.255 e. The molecule has 1 fully saturated rings. The molecule has 1 aliphatic carbocycles. The van der Waals surface area contributed by atoms with Crippen molar-refractivity contribution >= 4 is 34.4 Å². The molecule has 6 nitrogen and oxygen atoms in total. The summed E-state index contributed by atoms with van der Waals surface area (Å²) in [5.41, 5.74) is 1.75. The second-order valence-electron chi connectivity index (χ2n) is 6.90. The predicted molar refractivity (Wildman–Crippen MR) is 100 cm³/mol. The van der Waals surface area contributed by atoms with Gasteiger partial charge >= 0.3 is 0 Å². The zero-order chi connectivity index (χ0) is 18.3. The highest BCUT2D eigenvalue weighted by atomic mass is 35.5. The Morgan fingerprint density at radius 1 is 1.31 bits per heavy atom. The Kier molecular flexibility index (Phi) is 4.07. The van der Waals surface area contributed by atoms with E-state index in [9.17, 15) is 4.79 Å². The number of nitrogens with one attached hydrogen (secondary N) is 2. The summed E-state index contributed by atoms with van der Waals surface area (Å²) in [6, 6.07) is 7.42. The minimum absolute atomic E-state index is 0.0256. The van der Waals surface area contributed by atoms with Gasteiger partial charge in [0, 0.05) is 17.1 Å². The van der Waals surface area contributed by atoms with Crippen LogP contribution in [0.5, 0.6) is 0 Å². The standard InChI is InChI=1S/C19H19ClN4O2/c1-11-14(17(25)21-9-12-5-3-4-6-13(12)20)15-16(24-19(2)7-8-19)22-10-23-18(15)26-11/h3-6,10H,7-9H2,1-2H3,(H,21,25)(H,22,23,24). The first kappa shape index (κ1) is 16.8. The number of carbonyl (C=O) groups is 1. The van der Waals surface area contributed by atoms with E-state index in [1.807, 2.05) is 18.2 Å². The van der Waals surface area contributed by atoms with Crippen molar-refractivity contribution in [2.45, 2.75) is 38.8 Å². The largest absolute Gasteiger partial charge is 0.442 e. The molecule has 3 aromatic rings. The SMILES string of the molecule is Cc1oc2ncnc(NC3(C)CC3)c2c1C(=O)NCc1ccccc1Cl. The normalized spacial score (nSPS) is 15.0. The number of hydrogen-bond donors (Lipinski definition) is 2. The molecule has 2 N–H and O–H groups in total. The van der Waals surface area contributed by atoms with E-state index >= 15 is 0 Å². The Bertz CT molecular complexity index is 994. The highest BCUT2D eigenvalue weighted by molar-refractivity contribution is 6.31. The van der Waals surface area contributed by atoms with Crippen LogP contribution < -0.4 is 10.6 Å². The van der Waals surface area contributed by atoms with Gasteiger partial charge < -0.3 is 15.1 Å². The van der Waals surface area contributed by atoms with Gasteiger partial charge in [0.2, 0.25) is 5.71 Å². The number of aromatic nitrogens is 2. The van der Waals surface area contributed by atoms with Crippen LogP contribution in [0, 0.1) is 6.92 Å². The molecule has 0 bridgehead atoms. The zero-order valence-electron chi connectivity index (χ0n) is 14.6. The first-order valence-corrected chi connectivity index (χ1v) is 8.88. The molecule has 1 saturated carbocycles. The summed E-state index contributed by atoms with van der Waals surface area (Å²) in [4.78, 5) is 21.4. The maximum Gasteiger partial charge on any atom is 0.255 e. The van der Waals surface area contributed by atoms with Gasteiger partial charge in [0.05, 0.1) is 10.9 Å².